The maximum Gasteiger partial charge on any atom is 0.234 e. The SMILES string of the molecule is Cc1ccn2cc(-c3ccc(Br)cc3)nc2n1. The maximum atomic E-state index is 4.51. The van der Waals surface area contributed by atoms with Crippen LogP contribution in [-0.2, 0) is 0 Å². The third kappa shape index (κ3) is 1.96. The van der Waals surface area contributed by atoms with Crippen molar-refractivity contribution < 1.29 is 0 Å². The first-order valence-corrected chi connectivity index (χ1v) is 6.10. The average Bonchev–Trinajstić information content (AvgIpc) is 2.72. The van der Waals surface area contributed by atoms with E-state index in [4.69, 9.17) is 0 Å². The number of aryl methyl sites for hydroxylation is 1. The molecule has 84 valence electrons. The molecule has 0 fully saturated rings. The highest BCUT2D eigenvalue weighted by Gasteiger charge is 2.04. The lowest BCUT2D eigenvalue weighted by Gasteiger charge is -1.95. The van der Waals surface area contributed by atoms with E-state index in [0.29, 0.717) is 0 Å². The van der Waals surface area contributed by atoms with E-state index >= 15 is 0 Å². The van der Waals surface area contributed by atoms with Crippen LogP contribution in [0.4, 0.5) is 0 Å². The molecule has 2 heterocycles. The molecule has 0 aliphatic carbocycles. The van der Waals surface area contributed by atoms with Crippen LogP contribution in [0.5, 0.6) is 0 Å². The van der Waals surface area contributed by atoms with E-state index in [1.165, 1.54) is 0 Å². The van der Waals surface area contributed by atoms with E-state index in [-0.39, 0.29) is 0 Å². The van der Waals surface area contributed by atoms with E-state index in [2.05, 4.69) is 25.9 Å². The van der Waals surface area contributed by atoms with Gasteiger partial charge in [-0.1, -0.05) is 28.1 Å². The normalized spacial score (nSPS) is 10.9. The molecule has 2 aromatic heterocycles. The number of benzene rings is 1. The Morgan fingerprint density at radius 2 is 1.82 bits per heavy atom. The van der Waals surface area contributed by atoms with Gasteiger partial charge >= 0.3 is 0 Å². The molecule has 0 atom stereocenters. The molecule has 0 saturated carbocycles. The van der Waals surface area contributed by atoms with Gasteiger partial charge in [-0.25, -0.2) is 9.97 Å². The Labute approximate surface area is 107 Å². The number of rotatable bonds is 1. The largest absolute Gasteiger partial charge is 0.291 e. The average molecular weight is 288 g/mol. The van der Waals surface area contributed by atoms with Crippen molar-refractivity contribution in [2.75, 3.05) is 0 Å². The number of hydrogen-bond donors (Lipinski definition) is 0. The lowest BCUT2D eigenvalue weighted by Crippen LogP contribution is -1.88. The standard InChI is InChI=1S/C13H10BrN3/c1-9-6-7-17-8-12(16-13(17)15-9)10-2-4-11(14)5-3-10/h2-8H,1H3. The smallest absolute Gasteiger partial charge is 0.234 e. The van der Waals surface area contributed by atoms with Crippen LogP contribution in [0, 0.1) is 6.92 Å². The Bertz CT molecular complexity index is 671. The monoisotopic (exact) mass is 287 g/mol. The van der Waals surface area contributed by atoms with E-state index in [1.807, 2.05) is 54.0 Å². The summed E-state index contributed by atoms with van der Waals surface area (Å²) in [7, 11) is 0. The quantitative estimate of drug-likeness (QED) is 0.686. The van der Waals surface area contributed by atoms with Crippen LogP contribution >= 0.6 is 15.9 Å². The summed E-state index contributed by atoms with van der Waals surface area (Å²) in [5, 5.41) is 0. The summed E-state index contributed by atoms with van der Waals surface area (Å²) >= 11 is 3.42. The minimum atomic E-state index is 0.739. The second-order valence-corrected chi connectivity index (χ2v) is 4.82. The Kier molecular flexibility index (Phi) is 2.44. The predicted molar refractivity (Wildman–Crippen MR) is 70.9 cm³/mol. The molecule has 17 heavy (non-hydrogen) atoms. The van der Waals surface area contributed by atoms with Gasteiger partial charge in [0.15, 0.2) is 0 Å². The van der Waals surface area contributed by atoms with Crippen molar-refractivity contribution in [3.05, 3.63) is 52.9 Å². The fraction of sp³-hybridized carbons (Fsp3) is 0.0769. The molecule has 4 heteroatoms. The molecule has 0 bridgehead atoms. The Morgan fingerprint density at radius 1 is 1.06 bits per heavy atom. The van der Waals surface area contributed by atoms with Gasteiger partial charge in [0.1, 0.15) is 0 Å². The summed E-state index contributed by atoms with van der Waals surface area (Å²) in [6.45, 7) is 1.97. The van der Waals surface area contributed by atoms with E-state index < -0.39 is 0 Å². The van der Waals surface area contributed by atoms with Crippen LogP contribution in [0.2, 0.25) is 0 Å². The molecular formula is C13H10BrN3. The Morgan fingerprint density at radius 3 is 2.59 bits per heavy atom. The summed E-state index contributed by atoms with van der Waals surface area (Å²) in [5.74, 6) is 0.739. The van der Waals surface area contributed by atoms with Gasteiger partial charge in [-0.3, -0.25) is 4.40 Å². The zero-order chi connectivity index (χ0) is 11.8. The van der Waals surface area contributed by atoms with Gasteiger partial charge in [0.05, 0.1) is 5.69 Å². The van der Waals surface area contributed by atoms with Gasteiger partial charge in [0, 0.05) is 28.1 Å². The molecule has 3 aromatic rings. The molecule has 0 N–H and O–H groups in total. The van der Waals surface area contributed by atoms with E-state index in [9.17, 15) is 0 Å². The van der Waals surface area contributed by atoms with Crippen molar-refractivity contribution in [3.63, 3.8) is 0 Å². The summed E-state index contributed by atoms with van der Waals surface area (Å²) in [4.78, 5) is 8.89. The van der Waals surface area contributed by atoms with Crippen molar-refractivity contribution in [3.8, 4) is 11.3 Å². The summed E-state index contributed by atoms with van der Waals surface area (Å²) in [6.07, 6.45) is 3.97. The highest BCUT2D eigenvalue weighted by Crippen LogP contribution is 2.20. The lowest BCUT2D eigenvalue weighted by atomic mass is 10.2. The summed E-state index contributed by atoms with van der Waals surface area (Å²) < 4.78 is 3.00. The predicted octanol–water partition coefficient (Wildman–Crippen LogP) is 3.47. The van der Waals surface area contributed by atoms with Crippen LogP contribution in [0.1, 0.15) is 5.69 Å². The van der Waals surface area contributed by atoms with Crippen molar-refractivity contribution >= 4 is 21.7 Å². The van der Waals surface area contributed by atoms with Gasteiger partial charge in [-0.15, -0.1) is 0 Å². The van der Waals surface area contributed by atoms with Crippen molar-refractivity contribution in [2.24, 2.45) is 0 Å². The third-order valence-corrected chi connectivity index (χ3v) is 3.13. The zero-order valence-electron chi connectivity index (χ0n) is 9.26. The summed E-state index contributed by atoms with van der Waals surface area (Å²) in [5.41, 5.74) is 3.01. The van der Waals surface area contributed by atoms with E-state index in [1.54, 1.807) is 0 Å². The highest BCUT2D eigenvalue weighted by atomic mass is 79.9. The van der Waals surface area contributed by atoms with Crippen LogP contribution in [0.25, 0.3) is 17.0 Å². The van der Waals surface area contributed by atoms with E-state index in [0.717, 1.165) is 27.2 Å². The van der Waals surface area contributed by atoms with Gasteiger partial charge in [-0.05, 0) is 25.1 Å². The molecule has 0 aliphatic rings. The van der Waals surface area contributed by atoms with Crippen molar-refractivity contribution in [1.29, 1.82) is 0 Å². The number of imidazole rings is 1. The molecule has 3 rings (SSSR count). The van der Waals surface area contributed by atoms with Crippen molar-refractivity contribution in [1.82, 2.24) is 14.4 Å². The number of aromatic nitrogens is 3. The second kappa shape index (κ2) is 3.96. The molecule has 3 nitrogen and oxygen atoms in total. The number of hydrogen-bond acceptors (Lipinski definition) is 2. The van der Waals surface area contributed by atoms with Gasteiger partial charge < -0.3 is 0 Å². The lowest BCUT2D eigenvalue weighted by molar-refractivity contribution is 1.07. The fourth-order valence-electron chi connectivity index (χ4n) is 1.72. The highest BCUT2D eigenvalue weighted by molar-refractivity contribution is 9.10. The minimum Gasteiger partial charge on any atom is -0.291 e. The molecule has 1 aromatic carbocycles. The molecule has 0 unspecified atom stereocenters. The summed E-state index contributed by atoms with van der Waals surface area (Å²) in [6, 6.07) is 10.1. The number of fused-ring (bicyclic) bond motifs is 1. The molecule has 0 amide bonds. The van der Waals surface area contributed by atoms with Gasteiger partial charge in [-0.2, -0.15) is 0 Å². The number of nitrogens with zero attached hydrogens (tertiary/aromatic N) is 3. The molecule has 0 spiro atoms. The van der Waals surface area contributed by atoms with Gasteiger partial charge in [0.25, 0.3) is 0 Å². The number of halogens is 1. The first-order valence-electron chi connectivity index (χ1n) is 5.31. The minimum absolute atomic E-state index is 0.739. The van der Waals surface area contributed by atoms with Crippen LogP contribution < -0.4 is 0 Å². The molecular weight excluding hydrogens is 278 g/mol. The van der Waals surface area contributed by atoms with Crippen LogP contribution in [0.15, 0.2) is 47.2 Å². The molecule has 0 radical (unpaired) electrons. The molecule has 0 aliphatic heterocycles. The van der Waals surface area contributed by atoms with Crippen molar-refractivity contribution in [2.45, 2.75) is 6.92 Å². The fourth-order valence-corrected chi connectivity index (χ4v) is 1.98. The molecule has 0 saturated heterocycles. The van der Waals surface area contributed by atoms with Crippen LogP contribution in [-0.4, -0.2) is 14.4 Å². The maximum absolute atomic E-state index is 4.51. The Hall–Kier alpha value is -1.68. The first kappa shape index (κ1) is 10.5. The zero-order valence-corrected chi connectivity index (χ0v) is 10.8. The van der Waals surface area contributed by atoms with Crippen LogP contribution in [0.3, 0.4) is 0 Å². The third-order valence-electron chi connectivity index (χ3n) is 2.61. The first-order chi connectivity index (χ1) is 8.22. The second-order valence-electron chi connectivity index (χ2n) is 3.91. The van der Waals surface area contributed by atoms with Gasteiger partial charge in [0.2, 0.25) is 5.78 Å². The Balaban J connectivity index is 2.14. The topological polar surface area (TPSA) is 30.2 Å².